The Hall–Kier alpha value is -3.69. The van der Waals surface area contributed by atoms with Gasteiger partial charge in [0.2, 0.25) is 10.0 Å². The van der Waals surface area contributed by atoms with Gasteiger partial charge in [0, 0.05) is 28.7 Å². The molecule has 3 aromatic rings. The highest BCUT2D eigenvalue weighted by molar-refractivity contribution is 7.89. The Morgan fingerprint density at radius 1 is 0.719 bits per heavy atom. The molecule has 164 valence electrons. The molecule has 0 unspecified atom stereocenters. The minimum atomic E-state index is -3.61. The molecule has 0 heterocycles. The van der Waals surface area contributed by atoms with E-state index >= 15 is 0 Å². The Kier molecular flexibility index (Phi) is 6.20. The van der Waals surface area contributed by atoms with Crippen molar-refractivity contribution < 1.29 is 18.0 Å². The predicted molar refractivity (Wildman–Crippen MR) is 123 cm³/mol. The van der Waals surface area contributed by atoms with Crippen molar-refractivity contribution in [3.63, 3.8) is 0 Å². The van der Waals surface area contributed by atoms with Gasteiger partial charge in [-0.25, -0.2) is 17.9 Å². The molecule has 32 heavy (non-hydrogen) atoms. The topological polar surface area (TPSA) is 116 Å². The molecule has 0 aromatic heterocycles. The van der Waals surface area contributed by atoms with Gasteiger partial charge in [-0.2, -0.15) is 0 Å². The Labute approximate surface area is 186 Å². The number of carbonyl (C=O) groups excluding carboxylic acids is 2. The minimum Gasteiger partial charge on any atom is -0.322 e. The monoisotopic (exact) mass is 450 g/mol. The third kappa shape index (κ3) is 5.71. The normalized spacial score (nSPS) is 13.2. The molecule has 1 saturated carbocycles. The summed E-state index contributed by atoms with van der Waals surface area (Å²) >= 11 is 0. The van der Waals surface area contributed by atoms with Crippen LogP contribution in [0.2, 0.25) is 0 Å². The molecule has 0 aliphatic heterocycles. The molecule has 1 aliphatic carbocycles. The summed E-state index contributed by atoms with van der Waals surface area (Å²) in [6.07, 6.45) is 1.68. The van der Waals surface area contributed by atoms with Crippen molar-refractivity contribution in [3.05, 3.63) is 84.4 Å². The van der Waals surface area contributed by atoms with Crippen molar-refractivity contribution in [3.8, 4) is 0 Å². The SMILES string of the molecule is O=C(Nc1ccccc1)Nc1ccc(C(=O)Nc2cccc(S(=O)(=O)NC3CC3)c2)cc1. The molecule has 8 nitrogen and oxygen atoms in total. The number of nitrogens with one attached hydrogen (secondary N) is 4. The van der Waals surface area contributed by atoms with Crippen molar-refractivity contribution >= 4 is 39.0 Å². The second-order valence-corrected chi connectivity index (χ2v) is 9.11. The molecule has 4 rings (SSSR count). The van der Waals surface area contributed by atoms with Crippen LogP contribution < -0.4 is 20.7 Å². The van der Waals surface area contributed by atoms with Crippen LogP contribution in [0.3, 0.4) is 0 Å². The van der Waals surface area contributed by atoms with Gasteiger partial charge in [-0.05, 0) is 67.4 Å². The highest BCUT2D eigenvalue weighted by Gasteiger charge is 2.28. The van der Waals surface area contributed by atoms with E-state index in [1.54, 1.807) is 48.5 Å². The van der Waals surface area contributed by atoms with Crippen molar-refractivity contribution in [2.45, 2.75) is 23.8 Å². The average molecular weight is 451 g/mol. The van der Waals surface area contributed by atoms with Crippen molar-refractivity contribution in [2.24, 2.45) is 0 Å². The van der Waals surface area contributed by atoms with Crippen LogP contribution in [-0.4, -0.2) is 26.4 Å². The van der Waals surface area contributed by atoms with E-state index in [0.717, 1.165) is 12.8 Å². The van der Waals surface area contributed by atoms with Crippen LogP contribution in [0.1, 0.15) is 23.2 Å². The lowest BCUT2D eigenvalue weighted by molar-refractivity contribution is 0.102. The second-order valence-electron chi connectivity index (χ2n) is 7.40. The van der Waals surface area contributed by atoms with Gasteiger partial charge in [-0.3, -0.25) is 4.79 Å². The van der Waals surface area contributed by atoms with Gasteiger partial charge in [0.25, 0.3) is 5.91 Å². The number of anilines is 3. The van der Waals surface area contributed by atoms with Gasteiger partial charge in [-0.1, -0.05) is 24.3 Å². The zero-order valence-corrected chi connectivity index (χ0v) is 17.9. The summed E-state index contributed by atoms with van der Waals surface area (Å²) in [5.74, 6) is -0.394. The molecular formula is C23H22N4O4S. The summed E-state index contributed by atoms with van der Waals surface area (Å²) in [5.41, 5.74) is 1.92. The number of para-hydroxylation sites is 1. The van der Waals surface area contributed by atoms with Crippen LogP contribution in [0.25, 0.3) is 0 Å². The van der Waals surface area contributed by atoms with Gasteiger partial charge >= 0.3 is 6.03 Å². The lowest BCUT2D eigenvalue weighted by Gasteiger charge is -2.10. The molecule has 3 amide bonds. The van der Waals surface area contributed by atoms with Crippen LogP contribution in [0, 0.1) is 0 Å². The van der Waals surface area contributed by atoms with E-state index in [2.05, 4.69) is 20.7 Å². The number of sulfonamides is 1. The number of hydrogen-bond acceptors (Lipinski definition) is 4. The Morgan fingerprint density at radius 2 is 1.34 bits per heavy atom. The zero-order valence-electron chi connectivity index (χ0n) is 17.0. The fourth-order valence-corrected chi connectivity index (χ4v) is 4.30. The van der Waals surface area contributed by atoms with Gasteiger partial charge < -0.3 is 16.0 Å². The molecule has 0 saturated heterocycles. The first-order valence-corrected chi connectivity index (χ1v) is 11.5. The highest BCUT2D eigenvalue weighted by atomic mass is 32.2. The maximum absolute atomic E-state index is 12.6. The molecule has 4 N–H and O–H groups in total. The smallest absolute Gasteiger partial charge is 0.322 e. The fraction of sp³-hybridized carbons (Fsp3) is 0.130. The number of amides is 3. The van der Waals surface area contributed by atoms with Crippen molar-refractivity contribution in [2.75, 3.05) is 16.0 Å². The molecule has 3 aromatic carbocycles. The first-order chi connectivity index (χ1) is 15.4. The van der Waals surface area contributed by atoms with Gasteiger partial charge in [0.15, 0.2) is 0 Å². The lowest BCUT2D eigenvalue weighted by atomic mass is 10.2. The van der Waals surface area contributed by atoms with E-state index in [4.69, 9.17) is 0 Å². The van der Waals surface area contributed by atoms with E-state index in [1.165, 1.54) is 12.1 Å². The van der Waals surface area contributed by atoms with Crippen LogP contribution in [0.5, 0.6) is 0 Å². The van der Waals surface area contributed by atoms with Gasteiger partial charge in [0.1, 0.15) is 0 Å². The highest BCUT2D eigenvalue weighted by Crippen LogP contribution is 2.23. The zero-order chi connectivity index (χ0) is 22.6. The lowest BCUT2D eigenvalue weighted by Crippen LogP contribution is -2.25. The molecule has 0 spiro atoms. The maximum atomic E-state index is 12.6. The van der Waals surface area contributed by atoms with E-state index in [0.29, 0.717) is 22.6 Å². The molecule has 1 aliphatic rings. The van der Waals surface area contributed by atoms with E-state index in [-0.39, 0.29) is 10.9 Å². The Bertz CT molecular complexity index is 1220. The van der Waals surface area contributed by atoms with Crippen LogP contribution in [0.4, 0.5) is 21.9 Å². The molecular weight excluding hydrogens is 428 g/mol. The molecule has 1 fully saturated rings. The first kappa shape index (κ1) is 21.5. The van der Waals surface area contributed by atoms with E-state index in [1.807, 2.05) is 18.2 Å². The van der Waals surface area contributed by atoms with Crippen LogP contribution >= 0.6 is 0 Å². The number of rotatable bonds is 7. The summed E-state index contributed by atoms with van der Waals surface area (Å²) in [4.78, 5) is 24.7. The van der Waals surface area contributed by atoms with Crippen LogP contribution in [0.15, 0.2) is 83.8 Å². The van der Waals surface area contributed by atoms with Gasteiger partial charge in [0.05, 0.1) is 4.90 Å². The maximum Gasteiger partial charge on any atom is 0.323 e. The van der Waals surface area contributed by atoms with Crippen molar-refractivity contribution in [1.29, 1.82) is 0 Å². The molecule has 0 atom stereocenters. The quantitative estimate of drug-likeness (QED) is 0.435. The molecule has 9 heteroatoms. The molecule has 0 bridgehead atoms. The third-order valence-corrected chi connectivity index (χ3v) is 6.26. The number of hydrogen-bond donors (Lipinski definition) is 4. The largest absolute Gasteiger partial charge is 0.323 e. The average Bonchev–Trinajstić information content (AvgIpc) is 3.58. The summed E-state index contributed by atoms with van der Waals surface area (Å²) in [6, 6.07) is 21.1. The second kappa shape index (κ2) is 9.21. The summed E-state index contributed by atoms with van der Waals surface area (Å²) in [7, 11) is -3.61. The molecule has 0 radical (unpaired) electrons. The van der Waals surface area contributed by atoms with Crippen LogP contribution in [-0.2, 0) is 10.0 Å². The van der Waals surface area contributed by atoms with Crippen molar-refractivity contribution in [1.82, 2.24) is 4.72 Å². The standard InChI is InChI=1S/C23H22N4O4S/c28-22(24-20-7-4-8-21(15-20)32(30,31)27-19-13-14-19)16-9-11-18(12-10-16)26-23(29)25-17-5-2-1-3-6-17/h1-12,15,19,27H,13-14H2,(H,24,28)(H2,25,26,29). The van der Waals surface area contributed by atoms with E-state index in [9.17, 15) is 18.0 Å². The summed E-state index contributed by atoms with van der Waals surface area (Å²) < 4.78 is 27.4. The Balaban J connectivity index is 1.37. The van der Waals surface area contributed by atoms with E-state index < -0.39 is 22.0 Å². The first-order valence-electron chi connectivity index (χ1n) is 10.1. The summed E-state index contributed by atoms with van der Waals surface area (Å²) in [5, 5.41) is 8.11. The number of benzene rings is 3. The minimum absolute atomic E-state index is 0.000135. The summed E-state index contributed by atoms with van der Waals surface area (Å²) in [6.45, 7) is 0. The Morgan fingerprint density at radius 3 is 2.00 bits per heavy atom. The fourth-order valence-electron chi connectivity index (χ4n) is 2.95. The number of carbonyl (C=O) groups is 2. The van der Waals surface area contributed by atoms with Gasteiger partial charge in [-0.15, -0.1) is 0 Å². The third-order valence-electron chi connectivity index (χ3n) is 4.74. The number of urea groups is 1. The predicted octanol–water partition coefficient (Wildman–Crippen LogP) is 4.02.